The molecule has 0 fully saturated rings. The van der Waals surface area contributed by atoms with Crippen molar-refractivity contribution in [3.05, 3.63) is 0 Å². The first kappa shape index (κ1) is 16.2. The van der Waals surface area contributed by atoms with E-state index in [2.05, 4.69) is 0 Å². The third-order valence-corrected chi connectivity index (χ3v) is 0.717. The van der Waals surface area contributed by atoms with Crippen molar-refractivity contribution in [1.82, 2.24) is 4.90 Å². The highest BCUT2D eigenvalue weighted by Crippen LogP contribution is 1.74. The van der Waals surface area contributed by atoms with Gasteiger partial charge in [0.15, 0.2) is 0 Å². The summed E-state index contributed by atoms with van der Waals surface area (Å²) in [6.07, 6.45) is 0. The van der Waals surface area contributed by atoms with E-state index >= 15 is 0 Å². The van der Waals surface area contributed by atoms with Crippen molar-refractivity contribution in [1.29, 1.82) is 0 Å². The van der Waals surface area contributed by atoms with Crippen molar-refractivity contribution >= 4 is 24.0 Å². The van der Waals surface area contributed by atoms with Crippen LogP contribution in [0.5, 0.6) is 0 Å². The quantitative estimate of drug-likeness (QED) is 0.478. The minimum atomic E-state index is 0. The summed E-state index contributed by atoms with van der Waals surface area (Å²) in [5.74, 6) is 0. The largest absolute Gasteiger partial charge is 0.397 e. The zero-order chi connectivity index (χ0) is 6.99. The molecule has 0 aromatic rings. The van der Waals surface area contributed by atoms with Gasteiger partial charge >= 0.3 is 0 Å². The molecule has 0 atom stereocenters. The van der Waals surface area contributed by atoms with Gasteiger partial charge in [0, 0.05) is 6.61 Å². The average molecular weight is 176 g/mol. The van der Waals surface area contributed by atoms with E-state index in [0.717, 1.165) is 0 Å². The lowest BCUT2D eigenvalue weighted by Crippen LogP contribution is -2.06. The van der Waals surface area contributed by atoms with Gasteiger partial charge in [0.2, 0.25) is 0 Å². The molecule has 0 aliphatic heterocycles. The van der Waals surface area contributed by atoms with Gasteiger partial charge in [0.1, 0.15) is 0 Å². The first-order valence-corrected chi connectivity index (χ1v) is 3.04. The number of hydrogen-bond acceptors (Lipinski definition) is 2. The van der Waals surface area contributed by atoms with Crippen molar-refractivity contribution in [2.75, 3.05) is 26.7 Å². The normalized spacial score (nSPS) is 7.33. The third kappa shape index (κ3) is 57.5. The van der Waals surface area contributed by atoms with Crippen molar-refractivity contribution in [2.45, 2.75) is 6.92 Å². The zero-order valence-corrected chi connectivity index (χ0v) is 7.67. The number of rotatable bonds is 1. The molecule has 0 saturated carbocycles. The van der Waals surface area contributed by atoms with Crippen molar-refractivity contribution < 1.29 is 5.11 Å². The Morgan fingerprint density at radius 3 is 1.56 bits per heavy atom. The Morgan fingerprint density at radius 1 is 1.44 bits per heavy atom. The summed E-state index contributed by atoms with van der Waals surface area (Å²) in [6, 6.07) is 0.611. The van der Waals surface area contributed by atoms with Gasteiger partial charge in [-0.25, -0.2) is 0 Å². The Bertz CT molecular complexity index is 36.1. The average Bonchev–Trinajstić information content (AvgIpc) is 1.69. The summed E-state index contributed by atoms with van der Waals surface area (Å²) in [5, 5.41) is 7.57. The fourth-order valence-electron chi connectivity index (χ4n) is 0. The molecule has 0 heterocycles. The number of aliphatic hydroxyl groups is 1. The number of hydrogen-bond donors (Lipinski definition) is 1. The maximum Gasteiger partial charge on any atom is 0.0733 e. The third-order valence-electron chi connectivity index (χ3n) is 0.239. The molecule has 0 radical (unpaired) electrons. The molecule has 0 spiro atoms. The highest BCUT2D eigenvalue weighted by atomic mass is 35.5. The number of halogens is 2. The van der Waals surface area contributed by atoms with Crippen LogP contribution in [0, 0.1) is 0 Å². The van der Waals surface area contributed by atoms with Crippen LogP contribution in [0.1, 0.15) is 6.92 Å². The lowest BCUT2D eigenvalue weighted by molar-refractivity contribution is 0.318. The molecule has 0 aromatic carbocycles. The Labute approximate surface area is 68.2 Å². The molecule has 2 nitrogen and oxygen atoms in total. The molecule has 1 N–H and O–H groups in total. The van der Waals surface area contributed by atoms with Crippen LogP contribution in [0.25, 0.3) is 0 Å². The van der Waals surface area contributed by atoms with E-state index in [9.17, 15) is 0 Å². The van der Waals surface area contributed by atoms with Crippen LogP contribution in [0.2, 0.25) is 0 Å². The molecule has 4 heteroatoms. The van der Waals surface area contributed by atoms with E-state index in [-0.39, 0.29) is 19.0 Å². The molecular weight excluding hydrogens is 161 g/mol. The minimum Gasteiger partial charge on any atom is -0.397 e. The first-order chi connectivity index (χ1) is 3.68. The lowest BCUT2D eigenvalue weighted by Gasteiger charge is -1.97. The summed E-state index contributed by atoms with van der Waals surface area (Å²) < 4.78 is 0. The van der Waals surface area contributed by atoms with Crippen molar-refractivity contribution in [2.24, 2.45) is 0 Å². The van der Waals surface area contributed by atoms with Gasteiger partial charge in [0.05, 0.1) is 6.00 Å². The predicted molar refractivity (Wildman–Crippen MR) is 44.4 cm³/mol. The molecular formula is C5H15Cl2NO. The Morgan fingerprint density at radius 2 is 1.56 bits per heavy atom. The summed E-state index contributed by atoms with van der Waals surface area (Å²) in [7, 11) is 3.85. The summed E-state index contributed by atoms with van der Waals surface area (Å²) in [6.45, 7) is 1.93. The van der Waals surface area contributed by atoms with Gasteiger partial charge in [-0.3, -0.25) is 4.90 Å². The fraction of sp³-hybridized carbons (Fsp3) is 1.00. The van der Waals surface area contributed by atoms with Crippen LogP contribution < -0.4 is 0 Å². The molecule has 0 amide bonds. The van der Waals surface area contributed by atoms with Gasteiger partial charge in [-0.15, -0.1) is 24.0 Å². The highest BCUT2D eigenvalue weighted by molar-refractivity contribution is 6.17. The SMILES string of the molecule is CCO.CN(C)CCl.Cl. The second-order valence-corrected chi connectivity index (χ2v) is 1.75. The van der Waals surface area contributed by atoms with Gasteiger partial charge < -0.3 is 5.11 Å². The van der Waals surface area contributed by atoms with Crippen LogP contribution in [0.15, 0.2) is 0 Å². The van der Waals surface area contributed by atoms with Gasteiger partial charge in [-0.05, 0) is 21.0 Å². The highest BCUT2D eigenvalue weighted by Gasteiger charge is 1.74. The maximum absolute atomic E-state index is 7.57. The van der Waals surface area contributed by atoms with Crippen LogP contribution in [-0.4, -0.2) is 36.7 Å². The summed E-state index contributed by atoms with van der Waals surface area (Å²) in [4.78, 5) is 1.89. The molecule has 0 aliphatic rings. The van der Waals surface area contributed by atoms with E-state index in [1.807, 2.05) is 19.0 Å². The van der Waals surface area contributed by atoms with Crippen LogP contribution in [-0.2, 0) is 0 Å². The fourth-order valence-corrected chi connectivity index (χ4v) is 0. The molecule has 0 rings (SSSR count). The second kappa shape index (κ2) is 15.8. The van der Waals surface area contributed by atoms with Crippen molar-refractivity contribution in [3.63, 3.8) is 0 Å². The van der Waals surface area contributed by atoms with E-state index in [0.29, 0.717) is 6.00 Å². The molecule has 0 unspecified atom stereocenters. The monoisotopic (exact) mass is 175 g/mol. The number of alkyl halides is 1. The Balaban J connectivity index is -0.0000000800. The number of aliphatic hydroxyl groups excluding tert-OH is 1. The van der Waals surface area contributed by atoms with E-state index in [1.165, 1.54) is 0 Å². The van der Waals surface area contributed by atoms with Crippen LogP contribution in [0.3, 0.4) is 0 Å². The first-order valence-electron chi connectivity index (χ1n) is 2.50. The maximum atomic E-state index is 7.57. The van der Waals surface area contributed by atoms with Crippen LogP contribution >= 0.6 is 24.0 Å². The van der Waals surface area contributed by atoms with E-state index in [4.69, 9.17) is 16.7 Å². The lowest BCUT2D eigenvalue weighted by atomic mass is 10.9. The Hall–Kier alpha value is 0.500. The van der Waals surface area contributed by atoms with E-state index in [1.54, 1.807) is 6.92 Å². The molecule has 60 valence electrons. The minimum absolute atomic E-state index is 0. The number of nitrogens with zero attached hydrogens (tertiary/aromatic N) is 1. The molecule has 0 aromatic heterocycles. The zero-order valence-electron chi connectivity index (χ0n) is 6.09. The molecule has 0 aliphatic carbocycles. The topological polar surface area (TPSA) is 23.5 Å². The predicted octanol–water partition coefficient (Wildman–Crippen LogP) is 1.16. The van der Waals surface area contributed by atoms with Crippen molar-refractivity contribution in [3.8, 4) is 0 Å². The molecule has 0 bridgehead atoms. The summed E-state index contributed by atoms with van der Waals surface area (Å²) in [5.41, 5.74) is 0. The van der Waals surface area contributed by atoms with Gasteiger partial charge in [-0.1, -0.05) is 0 Å². The standard InChI is InChI=1S/C3H8ClN.C2H6O.ClH/c1-5(2)3-4;1-2-3;/h3H2,1-2H3;3H,2H2,1H3;1H. The van der Waals surface area contributed by atoms with Crippen LogP contribution in [0.4, 0.5) is 0 Å². The van der Waals surface area contributed by atoms with Gasteiger partial charge in [-0.2, -0.15) is 0 Å². The molecule has 9 heavy (non-hydrogen) atoms. The van der Waals surface area contributed by atoms with Gasteiger partial charge in [0.25, 0.3) is 0 Å². The second-order valence-electron chi connectivity index (χ2n) is 1.52. The van der Waals surface area contributed by atoms with E-state index < -0.39 is 0 Å². The molecule has 0 saturated heterocycles. The smallest absolute Gasteiger partial charge is 0.0733 e. The Kier molecular flexibility index (Phi) is 28.5. The summed E-state index contributed by atoms with van der Waals surface area (Å²) >= 11 is 5.26.